The fourth-order valence-corrected chi connectivity index (χ4v) is 0. The van der Waals surface area contributed by atoms with Crippen LogP contribution in [-0.2, 0) is 20.4 Å². The van der Waals surface area contributed by atoms with E-state index in [2.05, 4.69) is 13.5 Å². The third kappa shape index (κ3) is 297. The molecule has 0 atom stereocenters. The van der Waals surface area contributed by atoms with Gasteiger partial charge in [-0.25, -0.2) is 19.6 Å². The molecule has 0 aliphatic carbocycles. The summed E-state index contributed by atoms with van der Waals surface area (Å²) in [5.41, 5.74) is 0. The molecule has 0 aliphatic rings. The van der Waals surface area contributed by atoms with Crippen molar-refractivity contribution in [2.75, 3.05) is 0 Å². The monoisotopic (exact) mass is 163 g/mol. The van der Waals surface area contributed by atoms with E-state index in [0.29, 0.717) is 0 Å². The summed E-state index contributed by atoms with van der Waals surface area (Å²) in [6, 6.07) is 0. The van der Waals surface area contributed by atoms with Crippen LogP contribution in [0.15, 0.2) is 12.7 Å². The molecule has 0 saturated heterocycles. The third-order valence-corrected chi connectivity index (χ3v) is 0. The average Bonchev–Trinajstić information content (AvgIpc) is 0.918. The van der Waals surface area contributed by atoms with Crippen molar-refractivity contribution in [3.8, 4) is 0 Å². The van der Waals surface area contributed by atoms with Gasteiger partial charge in [0.15, 0.2) is 0 Å². The van der Waals surface area contributed by atoms with Crippen molar-refractivity contribution in [3.63, 3.8) is 0 Å². The maximum atomic E-state index is 3.25. The summed E-state index contributed by atoms with van der Waals surface area (Å²) < 4.78 is 0. The van der Waals surface area contributed by atoms with E-state index < -0.39 is 0 Å². The molecule has 0 aromatic rings. The van der Waals surface area contributed by atoms with Gasteiger partial charge in [0.2, 0.25) is 0 Å². The van der Waals surface area contributed by atoms with Crippen LogP contribution < -0.4 is 0 Å². The first-order chi connectivity index (χ1) is 1.41. The fraction of sp³-hybridized carbons (Fsp3) is 0.250. The molecule has 1 heteroatoms. The van der Waals surface area contributed by atoms with Crippen LogP contribution in [0.25, 0.3) is 0 Å². The van der Waals surface area contributed by atoms with Crippen LogP contribution in [0, 0.1) is 6.92 Å². The zero-order valence-electron chi connectivity index (χ0n) is 2.31. The van der Waals surface area contributed by atoms with E-state index in [1.54, 1.807) is 0 Å². The van der Waals surface area contributed by atoms with Crippen molar-refractivity contribution in [1.29, 1.82) is 0 Å². The maximum Gasteiger partial charge on any atom is 0 e. The van der Waals surface area contributed by atoms with Gasteiger partial charge in [0, 0.05) is 20.4 Å². The summed E-state index contributed by atoms with van der Waals surface area (Å²) >= 11 is 0. The first-order valence-electron chi connectivity index (χ1n) is 0.816. The van der Waals surface area contributed by atoms with Gasteiger partial charge >= 0.3 is 0 Å². The van der Waals surface area contributed by atoms with Crippen molar-refractivity contribution in [2.24, 2.45) is 0 Å². The zero-order valence-corrected chi connectivity index (χ0v) is 3.86. The molecule has 0 aromatic carbocycles. The average molecular weight is 164 g/mol. The number of hydrogen-bond donors (Lipinski definition) is 0. The molecule has 0 saturated carbocycles. The van der Waals surface area contributed by atoms with E-state index >= 15 is 0 Å². The Labute approximate surface area is 47.9 Å². The molecule has 0 aromatic heterocycles. The van der Waals surface area contributed by atoms with Gasteiger partial charge in [0.1, 0.15) is 0 Å². The molecule has 0 nitrogen and oxygen atoms in total. The Morgan fingerprint density at radius 3 is 1.60 bits per heavy atom. The van der Waals surface area contributed by atoms with Gasteiger partial charge in [-0.3, -0.25) is 0 Å². The van der Waals surface area contributed by atoms with E-state index in [9.17, 15) is 0 Å². The normalized spacial score (nSPS) is 2.40. The number of rotatable bonds is 0. The molecule has 0 N–H and O–H groups in total. The van der Waals surface area contributed by atoms with Crippen LogP contribution in [0.5, 0.6) is 0 Å². The van der Waals surface area contributed by atoms with Gasteiger partial charge in [-0.2, -0.15) is 0 Å². The van der Waals surface area contributed by atoms with E-state index in [-0.39, 0.29) is 27.8 Å². The molecular weight excluding hydrogens is 154 g/mol. The molecule has 0 fully saturated rings. The molecule has 0 aliphatic heterocycles. The molecule has 0 radical (unpaired) electrons. The Morgan fingerprint density at radius 1 is 1.60 bits per heavy atom. The molecule has 0 heterocycles. The Morgan fingerprint density at radius 2 is 1.60 bits per heavy atom. The second-order valence-corrected chi connectivity index (χ2v) is 0.289. The van der Waals surface area contributed by atoms with Crippen molar-refractivity contribution in [1.82, 2.24) is 0 Å². The zero-order chi connectivity index (χ0) is 2.71. The van der Waals surface area contributed by atoms with Crippen LogP contribution in [0.4, 0.5) is 0 Å². The van der Waals surface area contributed by atoms with Gasteiger partial charge in [-0.1, -0.05) is 7.43 Å². The van der Waals surface area contributed by atoms with Crippen LogP contribution in [-0.4, -0.2) is 0 Å². The molecule has 0 bridgehead atoms. The summed E-state index contributed by atoms with van der Waals surface area (Å²) in [5.74, 6) is 0. The van der Waals surface area contributed by atoms with E-state index in [1.807, 2.05) is 0 Å². The van der Waals surface area contributed by atoms with Crippen LogP contribution in [0.3, 0.4) is 0 Å². The smallest absolute Gasteiger partial charge is 0 e. The third-order valence-electron chi connectivity index (χ3n) is 0. The Bertz CT molecular complexity index is 11.1. The Hall–Kier alpha value is 0.272. The van der Waals surface area contributed by atoms with Crippen LogP contribution in [0.1, 0.15) is 7.43 Å². The molecule has 0 amide bonds. The van der Waals surface area contributed by atoms with Crippen LogP contribution in [0.2, 0.25) is 0 Å². The predicted molar refractivity (Wildman–Crippen MR) is 22.3 cm³/mol. The van der Waals surface area contributed by atoms with Crippen molar-refractivity contribution in [2.45, 2.75) is 7.43 Å². The van der Waals surface area contributed by atoms with E-state index in [4.69, 9.17) is 0 Å². The minimum Gasteiger partial charge on any atom is -0.245 e. The van der Waals surface area contributed by atoms with Crippen molar-refractivity contribution < 1.29 is 20.4 Å². The van der Waals surface area contributed by atoms with Crippen molar-refractivity contribution >= 4 is 0 Å². The summed E-state index contributed by atoms with van der Waals surface area (Å²) in [4.78, 5) is 0. The Balaban J connectivity index is -0.0000000200. The standard InChI is InChI=1S/C3H5.CH4.Pd/c1-3-2;;/h3H,1-2H2;1H4;/q-1;;. The van der Waals surface area contributed by atoms with Crippen LogP contribution >= 0.6 is 0 Å². The minimum absolute atomic E-state index is 0. The first-order valence-corrected chi connectivity index (χ1v) is 0.816. The van der Waals surface area contributed by atoms with Crippen molar-refractivity contribution in [3.05, 3.63) is 19.6 Å². The summed E-state index contributed by atoms with van der Waals surface area (Å²) in [6.45, 7) is 6.50. The second-order valence-electron chi connectivity index (χ2n) is 0.289. The van der Waals surface area contributed by atoms with E-state index in [1.165, 1.54) is 6.08 Å². The number of hydrogen-bond acceptors (Lipinski definition) is 0. The second kappa shape index (κ2) is 28.3. The minimum atomic E-state index is 0. The quantitative estimate of drug-likeness (QED) is 0.376. The van der Waals surface area contributed by atoms with Gasteiger partial charge in [-0.15, -0.1) is 0 Å². The SMILES string of the molecule is C.C=C[CH2-].[Pd]. The van der Waals surface area contributed by atoms with Gasteiger partial charge in [-0.05, 0) is 0 Å². The predicted octanol–water partition coefficient (Wildman–Crippen LogP) is 1.64. The summed E-state index contributed by atoms with van der Waals surface area (Å²) in [6.07, 6.45) is 1.50. The maximum absolute atomic E-state index is 3.25. The summed E-state index contributed by atoms with van der Waals surface area (Å²) in [5, 5.41) is 0. The first kappa shape index (κ1) is 18.6. The van der Waals surface area contributed by atoms with Gasteiger partial charge in [0.05, 0.1) is 0 Å². The summed E-state index contributed by atoms with van der Waals surface area (Å²) in [7, 11) is 0. The largest absolute Gasteiger partial charge is 0.245 e. The fourth-order valence-electron chi connectivity index (χ4n) is 0. The molecule has 36 valence electrons. The van der Waals surface area contributed by atoms with Gasteiger partial charge < -0.3 is 0 Å². The number of allylic oxidation sites excluding steroid dienone is 1. The molecule has 5 heavy (non-hydrogen) atoms. The Kier molecular flexibility index (Phi) is 105. The van der Waals surface area contributed by atoms with Gasteiger partial charge in [0.25, 0.3) is 0 Å². The van der Waals surface area contributed by atoms with E-state index in [0.717, 1.165) is 0 Å². The molecular formula is C4H9Pd-. The molecule has 0 rings (SSSR count). The molecule has 0 unspecified atom stereocenters. The topological polar surface area (TPSA) is 0 Å². The molecule has 0 spiro atoms.